The van der Waals surface area contributed by atoms with E-state index in [4.69, 9.17) is 0 Å². The van der Waals surface area contributed by atoms with E-state index in [1.165, 1.54) is 11.1 Å². The molecule has 27 heavy (non-hydrogen) atoms. The lowest BCUT2D eigenvalue weighted by molar-refractivity contribution is 0.186. The van der Waals surface area contributed by atoms with Crippen molar-refractivity contribution in [3.8, 4) is 0 Å². The molecule has 0 radical (unpaired) electrons. The SMILES string of the molecule is CC(C)c1ccc([C@@H](NC(=O)N2CCN(c3nccs3)CC2)C(C)C)cc1. The average molecular weight is 387 g/mol. The summed E-state index contributed by atoms with van der Waals surface area (Å²) in [6.07, 6.45) is 1.83. The molecule has 1 saturated heterocycles. The Morgan fingerprint density at radius 2 is 1.67 bits per heavy atom. The quantitative estimate of drug-likeness (QED) is 0.823. The minimum Gasteiger partial charge on any atom is -0.345 e. The molecule has 1 aromatic heterocycles. The van der Waals surface area contributed by atoms with E-state index in [1.54, 1.807) is 11.3 Å². The highest BCUT2D eigenvalue weighted by Crippen LogP contribution is 2.25. The number of urea groups is 1. The zero-order valence-corrected chi connectivity index (χ0v) is 17.5. The summed E-state index contributed by atoms with van der Waals surface area (Å²) in [5.74, 6) is 0.843. The van der Waals surface area contributed by atoms with E-state index in [1.807, 2.05) is 16.5 Å². The Labute approximate surface area is 166 Å². The number of benzene rings is 1. The van der Waals surface area contributed by atoms with E-state index >= 15 is 0 Å². The molecule has 3 rings (SSSR count). The third kappa shape index (κ3) is 4.80. The van der Waals surface area contributed by atoms with Crippen LogP contribution in [0.15, 0.2) is 35.8 Å². The zero-order valence-electron chi connectivity index (χ0n) is 16.7. The van der Waals surface area contributed by atoms with E-state index in [-0.39, 0.29) is 12.1 Å². The molecule has 2 heterocycles. The summed E-state index contributed by atoms with van der Waals surface area (Å²) >= 11 is 1.65. The molecule has 2 amide bonds. The number of hydrogen-bond acceptors (Lipinski definition) is 4. The first-order valence-corrected chi connectivity index (χ1v) is 10.6. The Bertz CT molecular complexity index is 719. The summed E-state index contributed by atoms with van der Waals surface area (Å²) in [6.45, 7) is 11.8. The van der Waals surface area contributed by atoms with Gasteiger partial charge in [0.05, 0.1) is 6.04 Å². The highest BCUT2D eigenvalue weighted by Gasteiger charge is 2.25. The molecule has 1 aromatic carbocycles. The van der Waals surface area contributed by atoms with Gasteiger partial charge in [0.25, 0.3) is 0 Å². The van der Waals surface area contributed by atoms with Gasteiger partial charge in [-0.25, -0.2) is 9.78 Å². The monoisotopic (exact) mass is 386 g/mol. The molecular formula is C21H30N4OS. The second kappa shape index (κ2) is 8.74. The second-order valence-electron chi connectivity index (χ2n) is 7.78. The number of hydrogen-bond donors (Lipinski definition) is 1. The van der Waals surface area contributed by atoms with Gasteiger partial charge in [0.15, 0.2) is 5.13 Å². The first-order valence-electron chi connectivity index (χ1n) is 9.75. The maximum atomic E-state index is 12.8. The molecule has 1 aliphatic rings. The van der Waals surface area contributed by atoms with Crippen LogP contribution in [0, 0.1) is 5.92 Å². The number of nitrogens with zero attached hydrogens (tertiary/aromatic N) is 3. The summed E-state index contributed by atoms with van der Waals surface area (Å²) < 4.78 is 0. The summed E-state index contributed by atoms with van der Waals surface area (Å²) in [6, 6.07) is 8.71. The fourth-order valence-electron chi connectivity index (χ4n) is 3.42. The van der Waals surface area contributed by atoms with Crippen molar-refractivity contribution in [3.63, 3.8) is 0 Å². The molecular weight excluding hydrogens is 356 g/mol. The molecule has 1 atom stereocenters. The molecule has 1 aliphatic heterocycles. The predicted molar refractivity (Wildman–Crippen MR) is 113 cm³/mol. The number of aromatic nitrogens is 1. The molecule has 146 valence electrons. The number of piperazine rings is 1. The van der Waals surface area contributed by atoms with Crippen molar-refractivity contribution in [2.24, 2.45) is 5.92 Å². The third-order valence-electron chi connectivity index (χ3n) is 5.16. The van der Waals surface area contributed by atoms with Gasteiger partial charge in [-0.2, -0.15) is 0 Å². The van der Waals surface area contributed by atoms with Crippen LogP contribution in [0.4, 0.5) is 9.93 Å². The van der Waals surface area contributed by atoms with E-state index < -0.39 is 0 Å². The molecule has 0 aliphatic carbocycles. The fourth-order valence-corrected chi connectivity index (χ4v) is 4.12. The normalized spacial score (nSPS) is 16.1. The van der Waals surface area contributed by atoms with Gasteiger partial charge in [-0.1, -0.05) is 52.0 Å². The summed E-state index contributed by atoms with van der Waals surface area (Å²) in [5, 5.41) is 6.29. The van der Waals surface area contributed by atoms with Crippen molar-refractivity contribution in [2.75, 3.05) is 31.1 Å². The van der Waals surface area contributed by atoms with E-state index in [0.29, 0.717) is 11.8 Å². The lowest BCUT2D eigenvalue weighted by Crippen LogP contribution is -2.52. The predicted octanol–water partition coefficient (Wildman–Crippen LogP) is 4.50. The zero-order chi connectivity index (χ0) is 19.4. The number of carbonyl (C=O) groups is 1. The van der Waals surface area contributed by atoms with Gasteiger partial charge in [0, 0.05) is 37.8 Å². The van der Waals surface area contributed by atoms with E-state index in [0.717, 1.165) is 31.3 Å². The smallest absolute Gasteiger partial charge is 0.318 e. The van der Waals surface area contributed by atoms with Gasteiger partial charge in [-0.15, -0.1) is 11.3 Å². The minimum atomic E-state index is 0.0238. The van der Waals surface area contributed by atoms with Gasteiger partial charge in [-0.3, -0.25) is 0 Å². The van der Waals surface area contributed by atoms with Crippen LogP contribution in [0.1, 0.15) is 50.8 Å². The first kappa shape index (κ1) is 19.7. The highest BCUT2D eigenvalue weighted by molar-refractivity contribution is 7.13. The van der Waals surface area contributed by atoms with E-state index in [2.05, 4.69) is 67.2 Å². The number of carbonyl (C=O) groups excluding carboxylic acids is 1. The third-order valence-corrected chi connectivity index (χ3v) is 6.00. The van der Waals surface area contributed by atoms with Crippen molar-refractivity contribution in [1.29, 1.82) is 0 Å². The number of amides is 2. The van der Waals surface area contributed by atoms with Crippen molar-refractivity contribution >= 4 is 22.5 Å². The van der Waals surface area contributed by atoms with Crippen LogP contribution >= 0.6 is 11.3 Å². The maximum absolute atomic E-state index is 12.8. The molecule has 0 bridgehead atoms. The van der Waals surface area contributed by atoms with Gasteiger partial charge < -0.3 is 15.1 Å². The number of thiazole rings is 1. The maximum Gasteiger partial charge on any atom is 0.318 e. The molecule has 0 saturated carbocycles. The van der Waals surface area contributed by atoms with Crippen molar-refractivity contribution in [1.82, 2.24) is 15.2 Å². The standard InChI is InChI=1S/C21H30N4OS/c1-15(2)17-5-7-18(8-6-17)19(16(3)4)23-20(26)24-10-12-25(13-11-24)21-22-9-14-27-21/h5-9,14-16,19H,10-13H2,1-4H3,(H,23,26)/t19-/m0/s1. The fraction of sp³-hybridized carbons (Fsp3) is 0.524. The minimum absolute atomic E-state index is 0.0238. The van der Waals surface area contributed by atoms with E-state index in [9.17, 15) is 4.79 Å². The van der Waals surface area contributed by atoms with Crippen LogP contribution in [0.2, 0.25) is 0 Å². The lowest BCUT2D eigenvalue weighted by Gasteiger charge is -2.36. The van der Waals surface area contributed by atoms with Gasteiger partial charge >= 0.3 is 6.03 Å². The van der Waals surface area contributed by atoms with Crippen molar-refractivity contribution in [2.45, 2.75) is 39.7 Å². The molecule has 6 heteroatoms. The molecule has 1 fully saturated rings. The van der Waals surface area contributed by atoms with Gasteiger partial charge in [-0.05, 0) is 23.0 Å². The van der Waals surface area contributed by atoms with Crippen molar-refractivity contribution in [3.05, 3.63) is 47.0 Å². The largest absolute Gasteiger partial charge is 0.345 e. The van der Waals surface area contributed by atoms with Crippen LogP contribution in [0.3, 0.4) is 0 Å². The molecule has 5 nitrogen and oxygen atoms in total. The van der Waals surface area contributed by atoms with Crippen LogP contribution < -0.4 is 10.2 Å². The number of nitrogens with one attached hydrogen (secondary N) is 1. The van der Waals surface area contributed by atoms with Gasteiger partial charge in [0.2, 0.25) is 0 Å². The summed E-state index contributed by atoms with van der Waals surface area (Å²) in [5.41, 5.74) is 2.50. The van der Waals surface area contributed by atoms with Crippen LogP contribution in [-0.4, -0.2) is 42.1 Å². The first-order chi connectivity index (χ1) is 13.0. The Balaban J connectivity index is 1.60. The Morgan fingerprint density at radius 1 is 1.04 bits per heavy atom. The van der Waals surface area contributed by atoms with Crippen LogP contribution in [-0.2, 0) is 0 Å². The molecule has 0 unspecified atom stereocenters. The molecule has 0 spiro atoms. The molecule has 1 N–H and O–H groups in total. The Kier molecular flexibility index (Phi) is 6.37. The highest BCUT2D eigenvalue weighted by atomic mass is 32.1. The second-order valence-corrected chi connectivity index (χ2v) is 8.65. The average Bonchev–Trinajstić information content (AvgIpc) is 3.20. The summed E-state index contributed by atoms with van der Waals surface area (Å²) in [4.78, 5) is 21.4. The van der Waals surface area contributed by atoms with Gasteiger partial charge in [0.1, 0.15) is 0 Å². The topological polar surface area (TPSA) is 48.5 Å². The number of rotatable bonds is 5. The number of anilines is 1. The van der Waals surface area contributed by atoms with Crippen LogP contribution in [0.5, 0.6) is 0 Å². The Morgan fingerprint density at radius 3 is 2.19 bits per heavy atom. The van der Waals surface area contributed by atoms with Crippen molar-refractivity contribution < 1.29 is 4.79 Å². The Hall–Kier alpha value is -2.08. The summed E-state index contributed by atoms with van der Waals surface area (Å²) in [7, 11) is 0. The molecule has 2 aromatic rings. The van der Waals surface area contributed by atoms with Crippen LogP contribution in [0.25, 0.3) is 0 Å². The lowest BCUT2D eigenvalue weighted by atomic mass is 9.93.